The molecule has 0 bridgehead atoms. The van der Waals surface area contributed by atoms with Crippen LogP contribution in [0.25, 0.3) is 0 Å². The molecule has 0 radical (unpaired) electrons. The molecule has 0 amide bonds. The van der Waals surface area contributed by atoms with Gasteiger partial charge in [-0.05, 0) is 19.8 Å². The van der Waals surface area contributed by atoms with E-state index >= 15 is 0 Å². The van der Waals surface area contributed by atoms with Crippen LogP contribution in [0.2, 0.25) is 0 Å². The molecule has 3 N–H and O–H groups in total. The second-order valence-electron chi connectivity index (χ2n) is 4.07. The lowest BCUT2D eigenvalue weighted by molar-refractivity contribution is 0.0661. The summed E-state index contributed by atoms with van der Waals surface area (Å²) in [6.45, 7) is 2.92. The van der Waals surface area contributed by atoms with Gasteiger partial charge in [-0.15, -0.1) is 0 Å². The number of aryl methyl sites for hydroxylation is 1. The zero-order valence-electron chi connectivity index (χ0n) is 10.2. The maximum absolute atomic E-state index is 8.69. The minimum atomic E-state index is -0.0719. The number of hydrogen-bond acceptors (Lipinski definition) is 6. The fraction of sp³-hybridized carbons (Fsp3) is 0.545. The molecule has 1 unspecified atom stereocenters. The Morgan fingerprint density at radius 3 is 3.22 bits per heavy atom. The maximum Gasteiger partial charge on any atom is 0.228 e. The van der Waals surface area contributed by atoms with Crippen molar-refractivity contribution in [3.63, 3.8) is 0 Å². The number of amidine groups is 1. The van der Waals surface area contributed by atoms with Crippen molar-refractivity contribution in [3.05, 3.63) is 17.6 Å². The van der Waals surface area contributed by atoms with Gasteiger partial charge in [-0.2, -0.15) is 4.98 Å². The molecule has 1 atom stereocenters. The molecule has 1 aliphatic rings. The molecular formula is C11H16N4O3. The summed E-state index contributed by atoms with van der Waals surface area (Å²) in [6, 6.07) is 0. The highest BCUT2D eigenvalue weighted by atomic mass is 16.5. The molecule has 7 heteroatoms. The van der Waals surface area contributed by atoms with E-state index in [-0.39, 0.29) is 11.9 Å². The highest BCUT2D eigenvalue weighted by Gasteiger charge is 2.18. The Bertz CT molecular complexity index is 444. The van der Waals surface area contributed by atoms with Crippen LogP contribution in [0.3, 0.4) is 0 Å². The topological polar surface area (TPSA) is 103 Å². The lowest BCUT2D eigenvalue weighted by atomic mass is 10.2. The third kappa shape index (κ3) is 2.86. The Labute approximate surface area is 105 Å². The van der Waals surface area contributed by atoms with Crippen molar-refractivity contribution in [1.29, 1.82) is 0 Å². The molecule has 0 aliphatic carbocycles. The van der Waals surface area contributed by atoms with Crippen molar-refractivity contribution in [3.8, 4) is 5.88 Å². The van der Waals surface area contributed by atoms with Crippen molar-refractivity contribution < 1.29 is 14.7 Å². The van der Waals surface area contributed by atoms with E-state index in [2.05, 4.69) is 15.1 Å². The lowest BCUT2D eigenvalue weighted by Gasteiger charge is -2.13. The van der Waals surface area contributed by atoms with Crippen LogP contribution in [0.4, 0.5) is 0 Å². The van der Waals surface area contributed by atoms with Crippen LogP contribution in [-0.4, -0.2) is 40.3 Å². The van der Waals surface area contributed by atoms with Crippen LogP contribution in [0.5, 0.6) is 5.88 Å². The maximum atomic E-state index is 8.69. The summed E-state index contributed by atoms with van der Waals surface area (Å²) < 4.78 is 11.0. The van der Waals surface area contributed by atoms with Gasteiger partial charge >= 0.3 is 0 Å². The average Bonchev–Trinajstić information content (AvgIpc) is 2.88. The average molecular weight is 252 g/mol. The zero-order valence-corrected chi connectivity index (χ0v) is 10.2. The van der Waals surface area contributed by atoms with Crippen LogP contribution in [0, 0.1) is 6.92 Å². The van der Waals surface area contributed by atoms with Gasteiger partial charge in [0.1, 0.15) is 18.0 Å². The van der Waals surface area contributed by atoms with E-state index < -0.39 is 0 Å². The first kappa shape index (κ1) is 12.6. The quantitative estimate of drug-likeness (QED) is 0.349. The molecule has 2 rings (SSSR count). The summed E-state index contributed by atoms with van der Waals surface area (Å²) in [6.07, 6.45) is 3.58. The first-order chi connectivity index (χ1) is 8.70. The minimum Gasteiger partial charge on any atom is -0.474 e. The third-order valence-corrected chi connectivity index (χ3v) is 2.69. The molecule has 18 heavy (non-hydrogen) atoms. The van der Waals surface area contributed by atoms with E-state index in [9.17, 15) is 0 Å². The fourth-order valence-corrected chi connectivity index (χ4v) is 1.74. The first-order valence-corrected chi connectivity index (χ1v) is 5.76. The normalized spacial score (nSPS) is 20.1. The van der Waals surface area contributed by atoms with E-state index in [0.29, 0.717) is 23.9 Å². The molecule has 0 saturated carbocycles. The molecule has 1 aromatic rings. The molecule has 1 aromatic heterocycles. The summed E-state index contributed by atoms with van der Waals surface area (Å²) in [5, 5.41) is 11.6. The standard InChI is InChI=1S/C11H16N4O3/c1-7-13-5-9(10(12)15-16)11(14-7)18-6-8-3-2-4-17-8/h5,8,16H,2-4,6H2,1H3,(H2,12,15). The molecule has 7 nitrogen and oxygen atoms in total. The van der Waals surface area contributed by atoms with Crippen molar-refractivity contribution in [2.45, 2.75) is 25.9 Å². The smallest absolute Gasteiger partial charge is 0.228 e. The van der Waals surface area contributed by atoms with Gasteiger partial charge in [0, 0.05) is 12.8 Å². The van der Waals surface area contributed by atoms with Crippen LogP contribution in [-0.2, 0) is 4.74 Å². The number of ether oxygens (including phenoxy) is 2. The zero-order chi connectivity index (χ0) is 13.0. The predicted molar refractivity (Wildman–Crippen MR) is 63.7 cm³/mol. The van der Waals surface area contributed by atoms with Crippen LogP contribution in [0.1, 0.15) is 24.2 Å². The summed E-state index contributed by atoms with van der Waals surface area (Å²) in [5.41, 5.74) is 5.91. The highest BCUT2D eigenvalue weighted by molar-refractivity contribution is 5.98. The number of nitrogens with two attached hydrogens (primary N) is 1. The Kier molecular flexibility index (Phi) is 3.93. The SMILES string of the molecule is Cc1ncc(C(N)=NO)c(OCC2CCCO2)n1. The Morgan fingerprint density at radius 1 is 1.72 bits per heavy atom. The summed E-state index contributed by atoms with van der Waals surface area (Å²) >= 11 is 0. The van der Waals surface area contributed by atoms with Gasteiger partial charge in [0.2, 0.25) is 5.88 Å². The van der Waals surface area contributed by atoms with E-state index in [4.69, 9.17) is 20.4 Å². The highest BCUT2D eigenvalue weighted by Crippen LogP contribution is 2.17. The Balaban J connectivity index is 2.11. The first-order valence-electron chi connectivity index (χ1n) is 5.76. The molecular weight excluding hydrogens is 236 g/mol. The van der Waals surface area contributed by atoms with Crippen LogP contribution >= 0.6 is 0 Å². The monoisotopic (exact) mass is 252 g/mol. The summed E-state index contributed by atoms with van der Waals surface area (Å²) in [7, 11) is 0. The van der Waals surface area contributed by atoms with Gasteiger partial charge in [0.15, 0.2) is 5.84 Å². The van der Waals surface area contributed by atoms with E-state index in [1.807, 2.05) is 0 Å². The number of nitrogens with zero attached hydrogens (tertiary/aromatic N) is 3. The van der Waals surface area contributed by atoms with Gasteiger partial charge in [0.25, 0.3) is 0 Å². The summed E-state index contributed by atoms with van der Waals surface area (Å²) in [5.74, 6) is 0.803. The van der Waals surface area contributed by atoms with Crippen molar-refractivity contribution in [2.24, 2.45) is 10.9 Å². The fourth-order valence-electron chi connectivity index (χ4n) is 1.74. The molecule has 1 fully saturated rings. The number of rotatable bonds is 4. The van der Waals surface area contributed by atoms with E-state index in [1.54, 1.807) is 6.92 Å². The lowest BCUT2D eigenvalue weighted by Crippen LogP contribution is -2.21. The Morgan fingerprint density at radius 2 is 2.56 bits per heavy atom. The molecule has 98 valence electrons. The van der Waals surface area contributed by atoms with E-state index in [1.165, 1.54) is 6.20 Å². The van der Waals surface area contributed by atoms with Gasteiger partial charge < -0.3 is 20.4 Å². The van der Waals surface area contributed by atoms with E-state index in [0.717, 1.165) is 19.4 Å². The predicted octanol–water partition coefficient (Wildman–Crippen LogP) is 0.437. The molecule has 1 aliphatic heterocycles. The number of oxime groups is 1. The second kappa shape index (κ2) is 5.63. The van der Waals surface area contributed by atoms with Crippen molar-refractivity contribution >= 4 is 5.84 Å². The minimum absolute atomic E-state index is 0.0719. The second-order valence-corrected chi connectivity index (χ2v) is 4.07. The van der Waals surface area contributed by atoms with Crippen LogP contribution < -0.4 is 10.5 Å². The van der Waals surface area contributed by atoms with Crippen molar-refractivity contribution in [2.75, 3.05) is 13.2 Å². The number of hydrogen-bond donors (Lipinski definition) is 2. The Hall–Kier alpha value is -1.89. The van der Waals surface area contributed by atoms with Gasteiger partial charge in [-0.25, -0.2) is 4.98 Å². The van der Waals surface area contributed by atoms with Gasteiger partial charge in [0.05, 0.1) is 6.10 Å². The molecule has 2 heterocycles. The van der Waals surface area contributed by atoms with Gasteiger partial charge in [-0.3, -0.25) is 0 Å². The molecule has 0 aromatic carbocycles. The third-order valence-electron chi connectivity index (χ3n) is 2.69. The van der Waals surface area contributed by atoms with Crippen LogP contribution in [0.15, 0.2) is 11.4 Å². The number of aromatic nitrogens is 2. The largest absolute Gasteiger partial charge is 0.474 e. The summed E-state index contributed by atoms with van der Waals surface area (Å²) in [4.78, 5) is 8.14. The van der Waals surface area contributed by atoms with Gasteiger partial charge in [-0.1, -0.05) is 5.16 Å². The van der Waals surface area contributed by atoms with Crippen molar-refractivity contribution in [1.82, 2.24) is 9.97 Å². The molecule has 0 spiro atoms. The molecule has 1 saturated heterocycles.